The largest absolute Gasteiger partial charge is 0.255 e. The summed E-state index contributed by atoms with van der Waals surface area (Å²) in [5.74, 6) is 1.24. The summed E-state index contributed by atoms with van der Waals surface area (Å²) in [7, 11) is 0. The van der Waals surface area contributed by atoms with Crippen LogP contribution in [-0.2, 0) is 0 Å². The normalized spacial score (nSPS) is 23.1. The van der Waals surface area contributed by atoms with Crippen LogP contribution in [-0.4, -0.2) is 10.7 Å². The third-order valence-electron chi connectivity index (χ3n) is 6.68. The van der Waals surface area contributed by atoms with Crippen molar-refractivity contribution in [2.75, 3.05) is 0 Å². The number of aryl methyl sites for hydroxylation is 1. The monoisotopic (exact) mass is 392 g/mol. The maximum Gasteiger partial charge on any atom is 0.0970 e. The second kappa shape index (κ2) is 7.36. The van der Waals surface area contributed by atoms with Gasteiger partial charge in [-0.25, -0.2) is 0 Å². The number of nitrogens with zero attached hydrogens (tertiary/aromatic N) is 2. The number of pyridine rings is 1. The van der Waals surface area contributed by atoms with Gasteiger partial charge in [0, 0.05) is 28.6 Å². The maximum absolute atomic E-state index is 5.09. The lowest BCUT2D eigenvalue weighted by molar-refractivity contribution is 0.647. The van der Waals surface area contributed by atoms with Crippen LogP contribution in [0.1, 0.15) is 55.5 Å². The van der Waals surface area contributed by atoms with E-state index in [0.717, 1.165) is 23.3 Å². The lowest BCUT2D eigenvalue weighted by Crippen LogP contribution is -2.22. The Morgan fingerprint density at radius 2 is 1.77 bits per heavy atom. The Balaban J connectivity index is 1.76. The molecule has 1 aliphatic heterocycles. The zero-order chi connectivity index (χ0) is 20.8. The van der Waals surface area contributed by atoms with E-state index in [2.05, 4.69) is 94.5 Å². The van der Waals surface area contributed by atoms with Crippen molar-refractivity contribution in [3.8, 4) is 0 Å². The Morgan fingerprint density at radius 3 is 2.53 bits per heavy atom. The quantitative estimate of drug-likeness (QED) is 0.446. The fourth-order valence-corrected chi connectivity index (χ4v) is 5.02. The molecular weight excluding hydrogens is 364 g/mol. The minimum atomic E-state index is 0.311. The highest BCUT2D eigenvalue weighted by Crippen LogP contribution is 2.46. The van der Waals surface area contributed by atoms with E-state index in [9.17, 15) is 0 Å². The first-order valence-corrected chi connectivity index (χ1v) is 10.9. The molecule has 5 rings (SSSR count). The maximum atomic E-state index is 5.09. The van der Waals surface area contributed by atoms with Crippen LogP contribution in [0.25, 0.3) is 16.5 Å². The van der Waals surface area contributed by atoms with Crippen molar-refractivity contribution in [1.82, 2.24) is 4.98 Å². The van der Waals surface area contributed by atoms with E-state index in [-0.39, 0.29) is 0 Å². The predicted octanol–water partition coefficient (Wildman–Crippen LogP) is 7.40. The topological polar surface area (TPSA) is 25.2 Å². The summed E-state index contributed by atoms with van der Waals surface area (Å²) >= 11 is 0. The van der Waals surface area contributed by atoms with Crippen molar-refractivity contribution in [2.24, 2.45) is 16.8 Å². The summed E-state index contributed by atoms with van der Waals surface area (Å²) in [5, 5.41) is 1.21. The lowest BCUT2D eigenvalue weighted by atomic mass is 9.76. The molecule has 0 fully saturated rings. The molecule has 0 bridgehead atoms. The van der Waals surface area contributed by atoms with Crippen LogP contribution in [0.2, 0.25) is 0 Å². The van der Waals surface area contributed by atoms with Crippen molar-refractivity contribution in [2.45, 2.75) is 40.0 Å². The van der Waals surface area contributed by atoms with Crippen LogP contribution in [0.5, 0.6) is 0 Å². The van der Waals surface area contributed by atoms with Crippen molar-refractivity contribution in [1.29, 1.82) is 0 Å². The highest BCUT2D eigenvalue weighted by Gasteiger charge is 2.31. The van der Waals surface area contributed by atoms with Gasteiger partial charge in [0.25, 0.3) is 0 Å². The molecule has 3 atom stereocenters. The molecule has 30 heavy (non-hydrogen) atoms. The summed E-state index contributed by atoms with van der Waals surface area (Å²) in [5.41, 5.74) is 9.67. The van der Waals surface area contributed by atoms with Gasteiger partial charge < -0.3 is 0 Å². The number of aliphatic imine (C=N–C) groups is 1. The predicted molar refractivity (Wildman–Crippen MR) is 128 cm³/mol. The van der Waals surface area contributed by atoms with Crippen molar-refractivity contribution < 1.29 is 0 Å². The zero-order valence-corrected chi connectivity index (χ0v) is 18.2. The number of hydrogen-bond acceptors (Lipinski definition) is 2. The van der Waals surface area contributed by atoms with Gasteiger partial charge in [-0.15, -0.1) is 0 Å². The van der Waals surface area contributed by atoms with Crippen molar-refractivity contribution in [3.63, 3.8) is 0 Å². The molecule has 0 radical (unpaired) electrons. The van der Waals surface area contributed by atoms with Gasteiger partial charge in [0.05, 0.1) is 11.2 Å². The van der Waals surface area contributed by atoms with Gasteiger partial charge in [-0.1, -0.05) is 74.5 Å². The van der Waals surface area contributed by atoms with Crippen molar-refractivity contribution in [3.05, 3.63) is 89.1 Å². The fourth-order valence-electron chi connectivity index (χ4n) is 5.02. The highest BCUT2D eigenvalue weighted by atomic mass is 14.8. The number of allylic oxidation sites excluding steroid dienone is 4. The standard InChI is InChI=1S/C28H28N2/c1-17-9-8-12-22(15-17)25-16-18(2)29-27-23(25)13-14-24-26(21-10-6-5-7-11-21)19(3)20(4)30-28(24)27/h5-14,16-17,19,26H,15H2,1-4H3. The SMILES string of the molecule is CC1=Nc2c(ccc3c(C4=CC=CC(C)C4)cc(C)nc23)C(c2ccccc2)C1C. The Kier molecular flexibility index (Phi) is 4.66. The second-order valence-corrected chi connectivity index (χ2v) is 8.90. The number of benzene rings is 2. The number of hydrogen-bond donors (Lipinski definition) is 0. The molecule has 150 valence electrons. The van der Waals surface area contributed by atoms with Crippen LogP contribution in [0, 0.1) is 18.8 Å². The number of rotatable bonds is 2. The second-order valence-electron chi connectivity index (χ2n) is 8.90. The number of fused-ring (bicyclic) bond motifs is 3. The van der Waals surface area contributed by atoms with Crippen molar-refractivity contribution >= 4 is 27.9 Å². The van der Waals surface area contributed by atoms with Crippen LogP contribution in [0.3, 0.4) is 0 Å². The summed E-state index contributed by atoms with van der Waals surface area (Å²) in [6, 6.07) is 17.6. The molecule has 3 unspecified atom stereocenters. The Labute approximate surface area is 179 Å². The van der Waals surface area contributed by atoms with Crippen LogP contribution in [0.15, 0.2) is 71.8 Å². The van der Waals surface area contributed by atoms with E-state index in [4.69, 9.17) is 9.98 Å². The van der Waals surface area contributed by atoms with E-state index in [1.54, 1.807) is 0 Å². The van der Waals surface area contributed by atoms with Gasteiger partial charge >= 0.3 is 0 Å². The summed E-state index contributed by atoms with van der Waals surface area (Å²) in [6.07, 6.45) is 7.80. The number of aromatic nitrogens is 1. The highest BCUT2D eigenvalue weighted by molar-refractivity contribution is 6.03. The van der Waals surface area contributed by atoms with E-state index in [0.29, 0.717) is 17.8 Å². The average molecular weight is 393 g/mol. The molecule has 3 aromatic rings. The Bertz CT molecular complexity index is 1210. The first-order valence-electron chi connectivity index (χ1n) is 10.9. The summed E-state index contributed by atoms with van der Waals surface area (Å²) < 4.78 is 0. The van der Waals surface area contributed by atoms with Gasteiger partial charge in [0.1, 0.15) is 0 Å². The van der Waals surface area contributed by atoms with E-state index in [1.165, 1.54) is 33.4 Å². The van der Waals surface area contributed by atoms with Gasteiger partial charge in [-0.05, 0) is 54.5 Å². The minimum absolute atomic E-state index is 0.311. The third kappa shape index (κ3) is 3.11. The molecule has 2 heterocycles. The van der Waals surface area contributed by atoms with Crippen LogP contribution >= 0.6 is 0 Å². The molecule has 2 aliphatic rings. The summed E-state index contributed by atoms with van der Waals surface area (Å²) in [6.45, 7) is 8.83. The Hall–Kier alpha value is -3.00. The molecule has 0 saturated carbocycles. The molecule has 1 aromatic heterocycles. The molecule has 0 N–H and O–H groups in total. The van der Waals surface area contributed by atoms with Gasteiger partial charge in [-0.3, -0.25) is 9.98 Å². The molecule has 2 heteroatoms. The van der Waals surface area contributed by atoms with E-state index < -0.39 is 0 Å². The first-order chi connectivity index (χ1) is 14.5. The Morgan fingerprint density at radius 1 is 0.967 bits per heavy atom. The average Bonchev–Trinajstić information content (AvgIpc) is 2.75. The molecule has 0 spiro atoms. The minimum Gasteiger partial charge on any atom is -0.255 e. The molecular formula is C28H28N2. The lowest BCUT2D eigenvalue weighted by Gasteiger charge is -2.31. The molecule has 0 amide bonds. The van der Waals surface area contributed by atoms with Crippen LogP contribution in [0.4, 0.5) is 5.69 Å². The van der Waals surface area contributed by atoms with E-state index >= 15 is 0 Å². The zero-order valence-electron chi connectivity index (χ0n) is 18.2. The van der Waals surface area contributed by atoms with Gasteiger partial charge in [0.15, 0.2) is 0 Å². The fraction of sp³-hybridized carbons (Fsp3) is 0.286. The molecule has 2 aromatic carbocycles. The molecule has 2 nitrogen and oxygen atoms in total. The molecule has 1 aliphatic carbocycles. The third-order valence-corrected chi connectivity index (χ3v) is 6.68. The molecule has 0 saturated heterocycles. The van der Waals surface area contributed by atoms with E-state index in [1.807, 2.05) is 0 Å². The smallest absolute Gasteiger partial charge is 0.0970 e. The van der Waals surface area contributed by atoms with Gasteiger partial charge in [0.2, 0.25) is 0 Å². The van der Waals surface area contributed by atoms with Gasteiger partial charge in [-0.2, -0.15) is 0 Å². The van der Waals surface area contributed by atoms with Crippen LogP contribution < -0.4 is 0 Å². The first kappa shape index (κ1) is 19.0. The summed E-state index contributed by atoms with van der Waals surface area (Å²) in [4.78, 5) is 10.1.